The lowest BCUT2D eigenvalue weighted by Crippen LogP contribution is -2.41. The fraction of sp³-hybridized carbons (Fsp3) is 0.643. The van der Waals surface area contributed by atoms with Gasteiger partial charge in [0.05, 0.1) is 7.11 Å². The first-order valence-corrected chi connectivity index (χ1v) is 13.1. The molecule has 0 bridgehead atoms. The molecule has 2 saturated carbocycles. The highest BCUT2D eigenvalue weighted by Gasteiger charge is 2.47. The van der Waals surface area contributed by atoms with Gasteiger partial charge in [0.2, 0.25) is 0 Å². The molecule has 1 N–H and O–H groups in total. The average molecular weight is 451 g/mol. The van der Waals surface area contributed by atoms with Gasteiger partial charge in [-0.05, 0) is 105 Å². The van der Waals surface area contributed by atoms with Crippen LogP contribution in [0.5, 0.6) is 5.75 Å². The van der Waals surface area contributed by atoms with Crippen LogP contribution in [-0.2, 0) is 16.0 Å². The molecule has 178 valence electrons. The van der Waals surface area contributed by atoms with Gasteiger partial charge in [-0.2, -0.15) is 0 Å². The molecule has 3 aliphatic carbocycles. The molecule has 1 aromatic rings. The number of methoxy groups -OCH3 is 1. The SMILES string of the molecule is COc1ccc2c(c1)CCC1C2CCC2C(NCCCCCCN3C(=O)C=CC3=O)CCC21. The van der Waals surface area contributed by atoms with Crippen LogP contribution in [0.1, 0.15) is 74.8 Å². The summed E-state index contributed by atoms with van der Waals surface area (Å²) in [6, 6.07) is 7.47. The van der Waals surface area contributed by atoms with Gasteiger partial charge in [0, 0.05) is 24.7 Å². The molecule has 2 fully saturated rings. The Balaban J connectivity index is 1.04. The predicted octanol–water partition coefficient (Wildman–Crippen LogP) is 4.60. The first kappa shape index (κ1) is 22.6. The standard InChI is InChI=1S/C28H38N2O3/c1-33-20-7-9-21-19(18-20)6-8-23-22(21)10-11-25-24(23)12-13-26(25)29-16-4-2-3-5-17-30-27(31)14-15-28(30)32/h7,9,14-15,18,22-26,29H,2-6,8,10-13,16-17H2,1H3. The summed E-state index contributed by atoms with van der Waals surface area (Å²) in [5.41, 5.74) is 3.13. The number of imide groups is 1. The molecule has 5 heteroatoms. The van der Waals surface area contributed by atoms with E-state index in [1.165, 1.54) is 67.6 Å². The number of aryl methyl sites for hydroxylation is 1. The van der Waals surface area contributed by atoms with Gasteiger partial charge in [-0.3, -0.25) is 14.5 Å². The molecule has 5 atom stereocenters. The molecule has 5 rings (SSSR count). The van der Waals surface area contributed by atoms with Crippen molar-refractivity contribution in [2.24, 2.45) is 17.8 Å². The summed E-state index contributed by atoms with van der Waals surface area (Å²) in [6.45, 7) is 1.65. The van der Waals surface area contributed by atoms with E-state index in [1.54, 1.807) is 12.7 Å². The molecule has 2 amide bonds. The maximum absolute atomic E-state index is 11.6. The van der Waals surface area contributed by atoms with Crippen molar-refractivity contribution in [2.45, 2.75) is 76.2 Å². The van der Waals surface area contributed by atoms with E-state index < -0.39 is 0 Å². The molecule has 0 radical (unpaired) electrons. The van der Waals surface area contributed by atoms with E-state index in [1.807, 2.05) is 0 Å². The number of benzene rings is 1. The van der Waals surface area contributed by atoms with Crippen LogP contribution in [0.4, 0.5) is 0 Å². The highest BCUT2D eigenvalue weighted by Crippen LogP contribution is 2.55. The van der Waals surface area contributed by atoms with Crippen molar-refractivity contribution in [2.75, 3.05) is 20.2 Å². The number of nitrogens with zero attached hydrogens (tertiary/aromatic N) is 1. The number of hydrogen-bond donors (Lipinski definition) is 1. The number of carbonyl (C=O) groups excluding carboxylic acids is 2. The van der Waals surface area contributed by atoms with Crippen LogP contribution in [0.15, 0.2) is 30.4 Å². The normalized spacial score (nSPS) is 30.3. The van der Waals surface area contributed by atoms with Crippen LogP contribution in [0.25, 0.3) is 0 Å². The summed E-state index contributed by atoms with van der Waals surface area (Å²) >= 11 is 0. The average Bonchev–Trinajstić information content (AvgIpc) is 3.40. The molecular weight excluding hydrogens is 412 g/mol. The van der Waals surface area contributed by atoms with Crippen molar-refractivity contribution in [3.63, 3.8) is 0 Å². The molecule has 0 saturated heterocycles. The summed E-state index contributed by atoms with van der Waals surface area (Å²) in [5.74, 6) is 4.04. The Labute approximate surface area is 197 Å². The second-order valence-corrected chi connectivity index (χ2v) is 10.5. The minimum Gasteiger partial charge on any atom is -0.497 e. The Bertz CT molecular complexity index is 892. The zero-order valence-electron chi connectivity index (χ0n) is 19.9. The van der Waals surface area contributed by atoms with E-state index in [4.69, 9.17) is 4.74 Å². The molecule has 1 aromatic carbocycles. The lowest BCUT2D eigenvalue weighted by atomic mass is 9.60. The predicted molar refractivity (Wildman–Crippen MR) is 129 cm³/mol. The smallest absolute Gasteiger partial charge is 0.253 e. The van der Waals surface area contributed by atoms with Crippen LogP contribution in [0.2, 0.25) is 0 Å². The van der Waals surface area contributed by atoms with E-state index in [-0.39, 0.29) is 11.8 Å². The Kier molecular flexibility index (Phi) is 6.86. The molecule has 5 unspecified atom stereocenters. The topological polar surface area (TPSA) is 58.6 Å². The third-order valence-corrected chi connectivity index (χ3v) is 8.87. The van der Waals surface area contributed by atoms with Crippen molar-refractivity contribution in [1.29, 1.82) is 0 Å². The zero-order valence-corrected chi connectivity index (χ0v) is 19.9. The molecule has 4 aliphatic rings. The third-order valence-electron chi connectivity index (χ3n) is 8.87. The van der Waals surface area contributed by atoms with Crippen LogP contribution in [0.3, 0.4) is 0 Å². The van der Waals surface area contributed by atoms with Crippen molar-refractivity contribution in [3.8, 4) is 5.75 Å². The minimum absolute atomic E-state index is 0.159. The number of amides is 2. The Morgan fingerprint density at radius 3 is 2.52 bits per heavy atom. The van der Waals surface area contributed by atoms with Gasteiger partial charge in [0.1, 0.15) is 5.75 Å². The molecule has 0 spiro atoms. The number of rotatable bonds is 9. The lowest BCUT2D eigenvalue weighted by Gasteiger charge is -2.45. The maximum Gasteiger partial charge on any atom is 0.253 e. The van der Waals surface area contributed by atoms with Crippen molar-refractivity contribution < 1.29 is 14.3 Å². The van der Waals surface area contributed by atoms with Gasteiger partial charge in [-0.15, -0.1) is 0 Å². The van der Waals surface area contributed by atoms with Crippen LogP contribution < -0.4 is 10.1 Å². The van der Waals surface area contributed by atoms with E-state index in [2.05, 4.69) is 23.5 Å². The molecule has 5 nitrogen and oxygen atoms in total. The minimum atomic E-state index is -0.159. The van der Waals surface area contributed by atoms with E-state index >= 15 is 0 Å². The third kappa shape index (κ3) is 4.62. The van der Waals surface area contributed by atoms with Gasteiger partial charge >= 0.3 is 0 Å². The summed E-state index contributed by atoms with van der Waals surface area (Å²) in [6.07, 6.45) is 15.0. The second-order valence-electron chi connectivity index (χ2n) is 10.5. The summed E-state index contributed by atoms with van der Waals surface area (Å²) in [7, 11) is 1.76. The van der Waals surface area contributed by atoms with Gasteiger partial charge in [-0.25, -0.2) is 0 Å². The Morgan fingerprint density at radius 2 is 1.70 bits per heavy atom. The Morgan fingerprint density at radius 1 is 0.909 bits per heavy atom. The molecule has 0 aromatic heterocycles. The van der Waals surface area contributed by atoms with Crippen molar-refractivity contribution >= 4 is 11.8 Å². The van der Waals surface area contributed by atoms with Gasteiger partial charge in [-0.1, -0.05) is 18.9 Å². The quantitative estimate of drug-likeness (QED) is 0.441. The number of carbonyl (C=O) groups is 2. The number of nitrogens with one attached hydrogen (secondary N) is 1. The number of ether oxygens (including phenoxy) is 1. The number of unbranched alkanes of at least 4 members (excludes halogenated alkanes) is 3. The zero-order chi connectivity index (χ0) is 22.8. The van der Waals surface area contributed by atoms with Crippen molar-refractivity contribution in [1.82, 2.24) is 10.2 Å². The Hall–Kier alpha value is -2.14. The summed E-state index contributed by atoms with van der Waals surface area (Å²) in [5, 5.41) is 3.91. The summed E-state index contributed by atoms with van der Waals surface area (Å²) < 4.78 is 5.46. The largest absolute Gasteiger partial charge is 0.497 e. The summed E-state index contributed by atoms with van der Waals surface area (Å²) in [4.78, 5) is 24.5. The van der Waals surface area contributed by atoms with Crippen LogP contribution >= 0.6 is 0 Å². The highest BCUT2D eigenvalue weighted by atomic mass is 16.5. The number of fused-ring (bicyclic) bond motifs is 5. The van der Waals surface area contributed by atoms with E-state index in [0.717, 1.165) is 55.2 Å². The second kappa shape index (κ2) is 10.0. The molecule has 1 aliphatic heterocycles. The first-order chi connectivity index (χ1) is 16.2. The van der Waals surface area contributed by atoms with Gasteiger partial charge < -0.3 is 10.1 Å². The lowest BCUT2D eigenvalue weighted by molar-refractivity contribution is -0.136. The molecular formula is C28H38N2O3. The van der Waals surface area contributed by atoms with E-state index in [9.17, 15) is 9.59 Å². The fourth-order valence-electron chi connectivity index (χ4n) is 7.28. The molecule has 33 heavy (non-hydrogen) atoms. The van der Waals surface area contributed by atoms with Gasteiger partial charge in [0.15, 0.2) is 0 Å². The van der Waals surface area contributed by atoms with Crippen LogP contribution in [-0.4, -0.2) is 43.0 Å². The van der Waals surface area contributed by atoms with Crippen LogP contribution in [0, 0.1) is 17.8 Å². The fourth-order valence-corrected chi connectivity index (χ4v) is 7.28. The molecule has 1 heterocycles. The van der Waals surface area contributed by atoms with Crippen molar-refractivity contribution in [3.05, 3.63) is 41.5 Å². The highest BCUT2D eigenvalue weighted by molar-refractivity contribution is 6.12. The van der Waals surface area contributed by atoms with E-state index in [0.29, 0.717) is 12.6 Å². The maximum atomic E-state index is 11.6. The number of hydrogen-bond acceptors (Lipinski definition) is 4. The first-order valence-electron chi connectivity index (χ1n) is 13.1. The monoisotopic (exact) mass is 450 g/mol. The van der Waals surface area contributed by atoms with Gasteiger partial charge in [0.25, 0.3) is 11.8 Å².